The summed E-state index contributed by atoms with van der Waals surface area (Å²) in [4.78, 5) is 0. The summed E-state index contributed by atoms with van der Waals surface area (Å²) < 4.78 is 12.5. The molecule has 2 rings (SSSR count). The Labute approximate surface area is 126 Å². The number of hydrogen-bond donors (Lipinski definition) is 0. The molecule has 0 atom stereocenters. The van der Waals surface area contributed by atoms with Gasteiger partial charge in [-0.1, -0.05) is 16.5 Å². The molecule has 6 heteroatoms. The summed E-state index contributed by atoms with van der Waals surface area (Å²) >= 11 is 0. The molecule has 1 aromatic rings. The molecule has 0 spiro atoms. The smallest absolute Gasteiger partial charge is 0.399 e. The lowest BCUT2D eigenvalue weighted by Gasteiger charge is -2.32. The van der Waals surface area contributed by atoms with Crippen LogP contribution in [0.4, 0.5) is 0 Å². The molecular formula is C14H24B4O2. The van der Waals surface area contributed by atoms with E-state index in [2.05, 4.69) is 65.1 Å². The minimum absolute atomic E-state index is 0.266. The molecule has 1 aliphatic heterocycles. The van der Waals surface area contributed by atoms with Crippen LogP contribution < -0.4 is 21.9 Å². The van der Waals surface area contributed by atoms with Gasteiger partial charge in [0, 0.05) is 0 Å². The Balaban J connectivity index is 2.57. The molecule has 1 heterocycles. The third kappa shape index (κ3) is 2.17. The van der Waals surface area contributed by atoms with Crippen LogP contribution in [0.2, 0.25) is 0 Å². The van der Waals surface area contributed by atoms with Crippen molar-refractivity contribution in [2.75, 3.05) is 0 Å². The van der Waals surface area contributed by atoms with E-state index in [0.717, 1.165) is 0 Å². The van der Waals surface area contributed by atoms with E-state index in [1.807, 2.05) is 0 Å². The maximum Gasteiger partial charge on any atom is 0.494 e. The van der Waals surface area contributed by atoms with Gasteiger partial charge in [0.15, 0.2) is 0 Å². The van der Waals surface area contributed by atoms with E-state index in [0.29, 0.717) is 0 Å². The molecule has 1 saturated heterocycles. The fourth-order valence-electron chi connectivity index (χ4n) is 2.84. The zero-order valence-corrected chi connectivity index (χ0v) is 14.4. The number of hydrogen-bond acceptors (Lipinski definition) is 2. The summed E-state index contributed by atoms with van der Waals surface area (Å²) in [6.45, 7) is 12.8. The normalized spacial score (nSPS) is 20.4. The van der Waals surface area contributed by atoms with E-state index < -0.39 is 0 Å². The van der Waals surface area contributed by atoms with Gasteiger partial charge in [-0.2, -0.15) is 0 Å². The highest BCUT2D eigenvalue weighted by molar-refractivity contribution is 6.72. The second-order valence-electron chi connectivity index (χ2n) is 7.13. The van der Waals surface area contributed by atoms with Crippen molar-refractivity contribution >= 4 is 52.5 Å². The van der Waals surface area contributed by atoms with E-state index in [-0.39, 0.29) is 18.3 Å². The molecule has 20 heavy (non-hydrogen) atoms. The third-order valence-corrected chi connectivity index (χ3v) is 5.55. The quantitative estimate of drug-likeness (QED) is 0.519. The van der Waals surface area contributed by atoms with E-state index >= 15 is 0 Å². The zero-order valence-electron chi connectivity index (χ0n) is 14.4. The first-order valence-corrected chi connectivity index (χ1v) is 7.42. The fraction of sp³-hybridized carbons (Fsp3) is 0.571. The van der Waals surface area contributed by atoms with Crippen molar-refractivity contribution < 1.29 is 9.31 Å². The summed E-state index contributed by atoms with van der Waals surface area (Å²) in [5, 5.41) is 0. The van der Waals surface area contributed by atoms with Crippen LogP contribution in [0.1, 0.15) is 38.8 Å². The van der Waals surface area contributed by atoms with Gasteiger partial charge in [0.25, 0.3) is 0 Å². The average Bonchev–Trinajstić information content (AvgIpc) is 2.53. The highest BCUT2D eigenvalue weighted by atomic mass is 16.7. The minimum Gasteiger partial charge on any atom is -0.399 e. The first kappa shape index (κ1) is 15.8. The molecule has 1 aliphatic rings. The van der Waals surface area contributed by atoms with Crippen LogP contribution in [0.15, 0.2) is 0 Å². The van der Waals surface area contributed by atoms with Crippen LogP contribution in [0.25, 0.3) is 0 Å². The van der Waals surface area contributed by atoms with Crippen LogP contribution in [-0.2, 0) is 9.31 Å². The van der Waals surface area contributed by atoms with Gasteiger partial charge < -0.3 is 9.31 Å². The second-order valence-corrected chi connectivity index (χ2v) is 7.13. The summed E-state index contributed by atoms with van der Waals surface area (Å²) in [6, 6.07) is 0. The van der Waals surface area contributed by atoms with Gasteiger partial charge in [0.2, 0.25) is 0 Å². The van der Waals surface area contributed by atoms with Gasteiger partial charge in [-0.25, -0.2) is 0 Å². The van der Waals surface area contributed by atoms with Crippen molar-refractivity contribution in [3.8, 4) is 0 Å². The Morgan fingerprint density at radius 3 is 1.65 bits per heavy atom. The maximum absolute atomic E-state index is 6.24. The van der Waals surface area contributed by atoms with Gasteiger partial charge >= 0.3 is 7.12 Å². The Hall–Kier alpha value is -0.600. The summed E-state index contributed by atoms with van der Waals surface area (Å²) in [5.41, 5.74) is 7.29. The molecule has 0 radical (unpaired) electrons. The number of benzene rings is 1. The van der Waals surface area contributed by atoms with Crippen LogP contribution in [0.3, 0.4) is 0 Å². The topological polar surface area (TPSA) is 18.5 Å². The second kappa shape index (κ2) is 4.71. The highest BCUT2D eigenvalue weighted by Crippen LogP contribution is 2.36. The molecular weight excluding hydrogens is 243 g/mol. The molecule has 0 amide bonds. The van der Waals surface area contributed by atoms with Crippen molar-refractivity contribution in [3.05, 3.63) is 11.1 Å². The lowest BCUT2D eigenvalue weighted by molar-refractivity contribution is 0.00578. The van der Waals surface area contributed by atoms with Crippen molar-refractivity contribution in [1.82, 2.24) is 0 Å². The molecule has 2 nitrogen and oxygen atoms in total. The van der Waals surface area contributed by atoms with Gasteiger partial charge in [0.05, 0.1) is 11.2 Å². The SMILES string of the molecule is Bc1c(B)c(C)c(C)c(B2OC(C)(C)C(C)(C)O2)c1B. The van der Waals surface area contributed by atoms with E-state index in [4.69, 9.17) is 9.31 Å². The fourth-order valence-corrected chi connectivity index (χ4v) is 2.84. The first-order valence-electron chi connectivity index (χ1n) is 7.42. The molecule has 104 valence electrons. The maximum atomic E-state index is 6.24. The molecule has 0 unspecified atom stereocenters. The van der Waals surface area contributed by atoms with E-state index in [1.165, 1.54) is 33.0 Å². The van der Waals surface area contributed by atoms with Crippen LogP contribution in [0, 0.1) is 13.8 Å². The van der Waals surface area contributed by atoms with Crippen molar-refractivity contribution in [3.63, 3.8) is 0 Å². The summed E-state index contributed by atoms with van der Waals surface area (Å²) in [6.07, 6.45) is 0. The molecule has 0 bridgehead atoms. The standard InChI is InChI=1S/C14H24B4O2/c1-7-8(2)12(11(17)10(16)9(7)15)18-19-13(3,4)14(5,6)20-18/h15-17H2,1-6H3. The van der Waals surface area contributed by atoms with Crippen LogP contribution >= 0.6 is 0 Å². The molecule has 0 aliphatic carbocycles. The Kier molecular flexibility index (Phi) is 3.71. The minimum atomic E-state index is -0.288. The van der Waals surface area contributed by atoms with Gasteiger partial charge in [0.1, 0.15) is 23.5 Å². The molecule has 0 saturated carbocycles. The van der Waals surface area contributed by atoms with Crippen molar-refractivity contribution in [2.24, 2.45) is 0 Å². The Bertz CT molecular complexity index is 522. The molecule has 1 aromatic carbocycles. The largest absolute Gasteiger partial charge is 0.494 e. The summed E-state index contributed by atoms with van der Waals surface area (Å²) in [5.74, 6) is 0. The predicted molar refractivity (Wildman–Crippen MR) is 96.2 cm³/mol. The van der Waals surface area contributed by atoms with Crippen LogP contribution in [0.5, 0.6) is 0 Å². The van der Waals surface area contributed by atoms with Gasteiger partial charge in [-0.05, 0) is 52.6 Å². The Morgan fingerprint density at radius 1 is 0.750 bits per heavy atom. The first-order chi connectivity index (χ1) is 8.99. The summed E-state index contributed by atoms with van der Waals surface area (Å²) in [7, 11) is 6.29. The molecule has 0 aromatic heterocycles. The number of rotatable bonds is 1. The Morgan fingerprint density at radius 2 is 1.20 bits per heavy atom. The van der Waals surface area contributed by atoms with E-state index in [1.54, 1.807) is 0 Å². The van der Waals surface area contributed by atoms with Crippen LogP contribution in [-0.4, -0.2) is 41.9 Å². The zero-order chi connectivity index (χ0) is 15.5. The average molecular weight is 268 g/mol. The monoisotopic (exact) mass is 268 g/mol. The molecule has 0 N–H and O–H groups in total. The predicted octanol–water partition coefficient (Wildman–Crippen LogP) is -2.62. The highest BCUT2D eigenvalue weighted by Gasteiger charge is 2.52. The lowest BCUT2D eigenvalue weighted by atomic mass is 9.60. The van der Waals surface area contributed by atoms with Crippen molar-refractivity contribution in [1.29, 1.82) is 0 Å². The molecule has 1 fully saturated rings. The van der Waals surface area contributed by atoms with Crippen molar-refractivity contribution in [2.45, 2.75) is 52.7 Å². The van der Waals surface area contributed by atoms with E-state index in [9.17, 15) is 0 Å². The lowest BCUT2D eigenvalue weighted by Crippen LogP contribution is -2.56. The third-order valence-electron chi connectivity index (χ3n) is 5.55. The van der Waals surface area contributed by atoms with Gasteiger partial charge in [-0.3, -0.25) is 0 Å². The van der Waals surface area contributed by atoms with Gasteiger partial charge in [-0.15, -0.1) is 5.46 Å².